The molecule has 0 saturated heterocycles. The minimum atomic E-state index is -4.05. The minimum Gasteiger partial charge on any atom is -0.497 e. The van der Waals surface area contributed by atoms with Gasteiger partial charge in [0.2, 0.25) is 0 Å². The Morgan fingerprint density at radius 3 is 2.13 bits per heavy atom. The highest BCUT2D eigenvalue weighted by molar-refractivity contribution is 7.89. The van der Waals surface area contributed by atoms with E-state index in [9.17, 15) is 16.8 Å². The van der Waals surface area contributed by atoms with Gasteiger partial charge in [0.1, 0.15) is 16.4 Å². The third-order valence-electron chi connectivity index (χ3n) is 4.13. The predicted octanol–water partition coefficient (Wildman–Crippen LogP) is 3.08. The number of hydrogen-bond donors (Lipinski definition) is 1. The average molecular weight is 461 g/mol. The maximum absolute atomic E-state index is 12.5. The Bertz CT molecular complexity index is 1280. The van der Waals surface area contributed by atoms with Gasteiger partial charge in [0.25, 0.3) is 10.0 Å². The van der Waals surface area contributed by atoms with Crippen molar-refractivity contribution >= 4 is 26.4 Å². The molecule has 3 rings (SSSR count). The highest BCUT2D eigenvalue weighted by atomic mass is 32.2. The Kier molecular flexibility index (Phi) is 6.62. The van der Waals surface area contributed by atoms with Crippen LogP contribution in [0.15, 0.2) is 87.7 Å². The van der Waals surface area contributed by atoms with Crippen LogP contribution < -0.4 is 13.8 Å². The summed E-state index contributed by atoms with van der Waals surface area (Å²) in [6, 6.07) is 18.2. The first-order chi connectivity index (χ1) is 14.7. The van der Waals surface area contributed by atoms with Crippen LogP contribution in [0.4, 0.5) is 0 Å². The van der Waals surface area contributed by atoms with Crippen LogP contribution in [0.3, 0.4) is 0 Å². The van der Waals surface area contributed by atoms with Crippen LogP contribution in [0.1, 0.15) is 11.1 Å². The molecule has 0 bridgehead atoms. The monoisotopic (exact) mass is 460 g/mol. The lowest BCUT2D eigenvalue weighted by Gasteiger charge is -2.08. The van der Waals surface area contributed by atoms with Crippen molar-refractivity contribution in [2.24, 2.45) is 5.10 Å². The van der Waals surface area contributed by atoms with Crippen molar-refractivity contribution in [3.8, 4) is 11.5 Å². The highest BCUT2D eigenvalue weighted by Gasteiger charge is 2.17. The number of benzene rings is 3. The second kappa shape index (κ2) is 9.19. The first-order valence-electron chi connectivity index (χ1n) is 9.00. The maximum atomic E-state index is 12.5. The molecule has 0 fully saturated rings. The summed E-state index contributed by atoms with van der Waals surface area (Å²) in [6.45, 7) is 1.85. The molecule has 0 aromatic heterocycles. The van der Waals surface area contributed by atoms with E-state index in [1.165, 1.54) is 61.9 Å². The van der Waals surface area contributed by atoms with Crippen molar-refractivity contribution in [3.63, 3.8) is 0 Å². The molecule has 162 valence electrons. The number of nitrogens with one attached hydrogen (secondary N) is 1. The van der Waals surface area contributed by atoms with Crippen LogP contribution in [0, 0.1) is 6.92 Å². The molecule has 0 unspecified atom stereocenters. The molecular formula is C21H20N2O6S2. The van der Waals surface area contributed by atoms with Crippen molar-refractivity contribution in [2.45, 2.75) is 16.7 Å². The molecule has 0 heterocycles. The van der Waals surface area contributed by atoms with Gasteiger partial charge in [-0.2, -0.15) is 21.9 Å². The quantitative estimate of drug-likeness (QED) is 0.314. The number of sulfonamides is 1. The Hall–Kier alpha value is -3.37. The molecule has 3 aromatic carbocycles. The van der Waals surface area contributed by atoms with E-state index in [1.54, 1.807) is 24.3 Å². The lowest BCUT2D eigenvalue weighted by molar-refractivity contribution is 0.414. The number of rotatable bonds is 8. The van der Waals surface area contributed by atoms with Crippen LogP contribution in [-0.2, 0) is 20.1 Å². The van der Waals surface area contributed by atoms with E-state index in [0.717, 1.165) is 5.56 Å². The Morgan fingerprint density at radius 2 is 1.48 bits per heavy atom. The number of hydrazone groups is 1. The number of methoxy groups -OCH3 is 1. The van der Waals surface area contributed by atoms with Crippen LogP contribution in [-0.4, -0.2) is 30.2 Å². The summed E-state index contributed by atoms with van der Waals surface area (Å²) < 4.78 is 59.6. The molecule has 0 spiro atoms. The van der Waals surface area contributed by atoms with Crippen LogP contribution in [0.25, 0.3) is 0 Å². The van der Waals surface area contributed by atoms with Gasteiger partial charge in [-0.3, -0.25) is 0 Å². The van der Waals surface area contributed by atoms with E-state index >= 15 is 0 Å². The number of hydrogen-bond acceptors (Lipinski definition) is 7. The molecule has 8 nitrogen and oxygen atoms in total. The van der Waals surface area contributed by atoms with Gasteiger partial charge in [-0.15, -0.1) is 0 Å². The number of nitrogens with zero attached hydrogens (tertiary/aromatic N) is 1. The zero-order valence-electron chi connectivity index (χ0n) is 16.7. The molecule has 0 saturated carbocycles. The molecule has 3 aromatic rings. The lowest BCUT2D eigenvalue weighted by atomic mass is 10.2. The van der Waals surface area contributed by atoms with Crippen LogP contribution in [0.5, 0.6) is 11.5 Å². The summed E-state index contributed by atoms with van der Waals surface area (Å²) in [6.07, 6.45) is 1.25. The lowest BCUT2D eigenvalue weighted by Crippen LogP contribution is -2.18. The van der Waals surface area contributed by atoms with Gasteiger partial charge in [0, 0.05) is 0 Å². The van der Waals surface area contributed by atoms with E-state index in [1.807, 2.05) is 6.92 Å². The molecule has 31 heavy (non-hydrogen) atoms. The number of ether oxygens (including phenoxy) is 1. The topological polar surface area (TPSA) is 111 Å². The van der Waals surface area contributed by atoms with Crippen LogP contribution in [0.2, 0.25) is 0 Å². The summed E-state index contributed by atoms with van der Waals surface area (Å²) in [5, 5.41) is 3.75. The summed E-state index contributed by atoms with van der Waals surface area (Å²) in [4.78, 5) is 2.17. The van der Waals surface area contributed by atoms with Gasteiger partial charge in [0.15, 0.2) is 0 Å². The van der Waals surface area contributed by atoms with Crippen molar-refractivity contribution in [3.05, 3.63) is 83.9 Å². The summed E-state index contributed by atoms with van der Waals surface area (Å²) in [5.74, 6) is 0.575. The smallest absolute Gasteiger partial charge is 0.339 e. The fraction of sp³-hybridized carbons (Fsp3) is 0.0952. The van der Waals surface area contributed by atoms with E-state index < -0.39 is 20.1 Å². The van der Waals surface area contributed by atoms with Gasteiger partial charge in [-0.05, 0) is 61.0 Å². The van der Waals surface area contributed by atoms with E-state index in [-0.39, 0.29) is 15.5 Å². The van der Waals surface area contributed by atoms with Gasteiger partial charge in [-0.1, -0.05) is 29.8 Å². The fourth-order valence-corrected chi connectivity index (χ4v) is 4.22. The minimum absolute atomic E-state index is 0.0294. The van der Waals surface area contributed by atoms with Crippen molar-refractivity contribution < 1.29 is 25.8 Å². The van der Waals surface area contributed by atoms with E-state index in [2.05, 4.69) is 9.93 Å². The zero-order chi connectivity index (χ0) is 22.5. The van der Waals surface area contributed by atoms with E-state index in [0.29, 0.717) is 11.3 Å². The second-order valence-electron chi connectivity index (χ2n) is 6.45. The third kappa shape index (κ3) is 5.83. The molecule has 10 heteroatoms. The van der Waals surface area contributed by atoms with E-state index in [4.69, 9.17) is 8.92 Å². The molecule has 0 aliphatic rings. The van der Waals surface area contributed by atoms with Crippen molar-refractivity contribution in [1.29, 1.82) is 0 Å². The van der Waals surface area contributed by atoms with Gasteiger partial charge >= 0.3 is 10.1 Å². The SMILES string of the molecule is COc1ccc(S(=O)(=O)Oc2cccc(/C=N\NS(=O)(=O)c3ccc(C)cc3)c2)cc1. The summed E-state index contributed by atoms with van der Waals surface area (Å²) in [5.41, 5.74) is 1.37. The average Bonchev–Trinajstić information content (AvgIpc) is 2.74. The summed E-state index contributed by atoms with van der Waals surface area (Å²) in [7, 11) is -6.38. The second-order valence-corrected chi connectivity index (χ2v) is 9.66. The largest absolute Gasteiger partial charge is 0.497 e. The van der Waals surface area contributed by atoms with Gasteiger partial charge in [-0.25, -0.2) is 4.83 Å². The first kappa shape index (κ1) is 22.3. The standard InChI is InChI=1S/C21H20N2O6S2/c1-16-6-10-20(11-7-16)30(24,25)23-22-15-17-4-3-5-19(14-17)29-31(26,27)21-12-8-18(28-2)9-13-21/h3-15,23H,1-2H3/b22-15-. The normalized spacial score (nSPS) is 11.9. The molecule has 0 amide bonds. The van der Waals surface area contributed by atoms with Crippen LogP contribution >= 0.6 is 0 Å². The molecular weight excluding hydrogens is 440 g/mol. The number of aryl methyl sites for hydroxylation is 1. The molecule has 0 atom stereocenters. The third-order valence-corrected chi connectivity index (χ3v) is 6.63. The Balaban J connectivity index is 1.71. The zero-order valence-corrected chi connectivity index (χ0v) is 18.4. The first-order valence-corrected chi connectivity index (χ1v) is 11.9. The van der Waals surface area contributed by atoms with Crippen molar-refractivity contribution in [2.75, 3.05) is 7.11 Å². The van der Waals surface area contributed by atoms with Gasteiger partial charge < -0.3 is 8.92 Å². The summed E-state index contributed by atoms with van der Waals surface area (Å²) >= 11 is 0. The van der Waals surface area contributed by atoms with Crippen molar-refractivity contribution in [1.82, 2.24) is 4.83 Å². The highest BCUT2D eigenvalue weighted by Crippen LogP contribution is 2.21. The van der Waals surface area contributed by atoms with Gasteiger partial charge in [0.05, 0.1) is 18.2 Å². The Labute approximate surface area is 181 Å². The molecule has 0 aliphatic carbocycles. The Morgan fingerprint density at radius 1 is 0.839 bits per heavy atom. The molecule has 0 aliphatic heterocycles. The fourth-order valence-electron chi connectivity index (χ4n) is 2.50. The predicted molar refractivity (Wildman–Crippen MR) is 116 cm³/mol. The molecule has 0 radical (unpaired) electrons. The molecule has 1 N–H and O–H groups in total. The maximum Gasteiger partial charge on any atom is 0.339 e.